The molecule has 0 amide bonds. The van der Waals surface area contributed by atoms with Crippen molar-refractivity contribution in [3.8, 4) is 0 Å². The molecule has 0 fully saturated rings. The first-order valence-electron chi connectivity index (χ1n) is 7.37. The summed E-state index contributed by atoms with van der Waals surface area (Å²) in [5.41, 5.74) is -0.0454. The smallest absolute Gasteiger partial charge is 0.0673 e. The Morgan fingerprint density at radius 2 is 1.44 bits per heavy atom. The van der Waals surface area contributed by atoms with Gasteiger partial charge in [0.15, 0.2) is 0 Å². The van der Waals surface area contributed by atoms with Crippen LogP contribution < -0.4 is 5.32 Å². The molecule has 0 aliphatic carbocycles. The SMILES string of the molecule is CCOC(C)(CC)CCOC(C)(CC)CCNC. The number of hydrogen-bond acceptors (Lipinski definition) is 3. The van der Waals surface area contributed by atoms with Gasteiger partial charge in [0.1, 0.15) is 0 Å². The topological polar surface area (TPSA) is 30.5 Å². The van der Waals surface area contributed by atoms with E-state index < -0.39 is 0 Å². The molecule has 3 heteroatoms. The molecule has 0 rings (SSSR count). The van der Waals surface area contributed by atoms with Crippen LogP contribution in [0.25, 0.3) is 0 Å². The molecule has 0 bridgehead atoms. The van der Waals surface area contributed by atoms with Crippen molar-refractivity contribution in [2.75, 3.05) is 26.8 Å². The van der Waals surface area contributed by atoms with Gasteiger partial charge >= 0.3 is 0 Å². The van der Waals surface area contributed by atoms with Crippen LogP contribution in [-0.2, 0) is 9.47 Å². The monoisotopic (exact) mass is 259 g/mol. The van der Waals surface area contributed by atoms with Crippen molar-refractivity contribution >= 4 is 0 Å². The van der Waals surface area contributed by atoms with E-state index in [0.717, 1.165) is 45.4 Å². The molecule has 3 nitrogen and oxygen atoms in total. The van der Waals surface area contributed by atoms with E-state index in [1.54, 1.807) is 0 Å². The molecule has 0 aliphatic rings. The van der Waals surface area contributed by atoms with Gasteiger partial charge in [0.25, 0.3) is 0 Å². The van der Waals surface area contributed by atoms with Gasteiger partial charge in [-0.3, -0.25) is 0 Å². The summed E-state index contributed by atoms with van der Waals surface area (Å²) in [6.07, 6.45) is 4.10. The van der Waals surface area contributed by atoms with Gasteiger partial charge in [0, 0.05) is 6.61 Å². The lowest BCUT2D eigenvalue weighted by molar-refractivity contribution is -0.0872. The van der Waals surface area contributed by atoms with Crippen molar-refractivity contribution in [3.05, 3.63) is 0 Å². The molecule has 0 radical (unpaired) electrons. The number of hydrogen-bond donors (Lipinski definition) is 1. The molecule has 0 heterocycles. The van der Waals surface area contributed by atoms with Gasteiger partial charge in [-0.05, 0) is 60.0 Å². The van der Waals surface area contributed by atoms with Crippen LogP contribution in [0.4, 0.5) is 0 Å². The highest BCUT2D eigenvalue weighted by Crippen LogP contribution is 2.24. The van der Waals surface area contributed by atoms with Crippen LogP contribution in [0.5, 0.6) is 0 Å². The third-order valence-corrected chi connectivity index (χ3v) is 3.97. The largest absolute Gasteiger partial charge is 0.375 e. The lowest BCUT2D eigenvalue weighted by Gasteiger charge is -2.33. The van der Waals surface area contributed by atoms with Gasteiger partial charge in [-0.25, -0.2) is 0 Å². The molecule has 2 atom stereocenters. The minimum atomic E-state index is -0.0353. The fourth-order valence-electron chi connectivity index (χ4n) is 1.95. The second-order valence-corrected chi connectivity index (χ2v) is 5.49. The van der Waals surface area contributed by atoms with Crippen molar-refractivity contribution in [2.45, 2.75) is 71.5 Å². The zero-order valence-electron chi connectivity index (χ0n) is 13.3. The number of ether oxygens (including phenoxy) is 2. The Morgan fingerprint density at radius 3 is 1.89 bits per heavy atom. The first-order chi connectivity index (χ1) is 8.45. The first-order valence-corrected chi connectivity index (χ1v) is 7.37. The molecule has 0 aromatic rings. The third-order valence-electron chi connectivity index (χ3n) is 3.97. The fraction of sp³-hybridized carbons (Fsp3) is 1.00. The minimum Gasteiger partial charge on any atom is -0.375 e. The summed E-state index contributed by atoms with van der Waals surface area (Å²) >= 11 is 0. The summed E-state index contributed by atoms with van der Waals surface area (Å²) in [6, 6.07) is 0. The molecule has 18 heavy (non-hydrogen) atoms. The highest BCUT2D eigenvalue weighted by atomic mass is 16.5. The highest BCUT2D eigenvalue weighted by molar-refractivity contribution is 4.77. The maximum Gasteiger partial charge on any atom is 0.0673 e. The molecule has 0 aliphatic heterocycles. The standard InChI is InChI=1S/C15H33NO2/c1-7-14(4,10-12-16-6)18-13-11-15(5,8-2)17-9-3/h16H,7-13H2,1-6H3. The molecular formula is C15H33NO2. The quantitative estimate of drug-likeness (QED) is 0.617. The summed E-state index contributed by atoms with van der Waals surface area (Å²) in [5, 5.41) is 3.19. The van der Waals surface area contributed by atoms with E-state index in [2.05, 4.69) is 39.9 Å². The average molecular weight is 259 g/mol. The lowest BCUT2D eigenvalue weighted by atomic mass is 9.97. The zero-order chi connectivity index (χ0) is 14.1. The summed E-state index contributed by atoms with van der Waals surface area (Å²) in [4.78, 5) is 0. The molecule has 0 aromatic carbocycles. The van der Waals surface area contributed by atoms with Crippen LogP contribution in [-0.4, -0.2) is 38.0 Å². The Kier molecular flexibility index (Phi) is 8.83. The van der Waals surface area contributed by atoms with E-state index >= 15 is 0 Å². The Bertz CT molecular complexity index is 211. The van der Waals surface area contributed by atoms with E-state index in [4.69, 9.17) is 9.47 Å². The molecule has 0 saturated carbocycles. The van der Waals surface area contributed by atoms with Crippen molar-refractivity contribution in [2.24, 2.45) is 0 Å². The Labute approximate surface area is 114 Å². The van der Waals surface area contributed by atoms with Gasteiger partial charge in [-0.2, -0.15) is 0 Å². The molecular weight excluding hydrogens is 226 g/mol. The van der Waals surface area contributed by atoms with Crippen LogP contribution in [0.1, 0.15) is 60.3 Å². The molecule has 110 valence electrons. The van der Waals surface area contributed by atoms with Crippen LogP contribution in [0.15, 0.2) is 0 Å². The molecule has 0 saturated heterocycles. The third kappa shape index (κ3) is 6.72. The minimum absolute atomic E-state index is 0.0100. The van der Waals surface area contributed by atoms with Crippen LogP contribution in [0.3, 0.4) is 0 Å². The van der Waals surface area contributed by atoms with Gasteiger partial charge in [-0.1, -0.05) is 13.8 Å². The van der Waals surface area contributed by atoms with E-state index in [0.29, 0.717) is 0 Å². The van der Waals surface area contributed by atoms with Gasteiger partial charge < -0.3 is 14.8 Å². The van der Waals surface area contributed by atoms with Crippen molar-refractivity contribution in [1.29, 1.82) is 0 Å². The maximum atomic E-state index is 6.10. The second-order valence-electron chi connectivity index (χ2n) is 5.49. The van der Waals surface area contributed by atoms with E-state index in [1.807, 2.05) is 7.05 Å². The van der Waals surface area contributed by atoms with Crippen molar-refractivity contribution in [1.82, 2.24) is 5.32 Å². The van der Waals surface area contributed by atoms with Crippen LogP contribution in [0.2, 0.25) is 0 Å². The maximum absolute atomic E-state index is 6.10. The predicted octanol–water partition coefficient (Wildman–Crippen LogP) is 3.38. The van der Waals surface area contributed by atoms with Crippen LogP contribution in [0, 0.1) is 0 Å². The molecule has 0 aromatic heterocycles. The Hall–Kier alpha value is -0.120. The average Bonchev–Trinajstić information content (AvgIpc) is 2.36. The normalized spacial score (nSPS) is 18.3. The fourth-order valence-corrected chi connectivity index (χ4v) is 1.95. The number of rotatable bonds is 11. The van der Waals surface area contributed by atoms with E-state index in [-0.39, 0.29) is 11.2 Å². The predicted molar refractivity (Wildman–Crippen MR) is 78.1 cm³/mol. The molecule has 0 spiro atoms. The first kappa shape index (κ1) is 17.9. The highest BCUT2D eigenvalue weighted by Gasteiger charge is 2.26. The molecule has 1 N–H and O–H groups in total. The summed E-state index contributed by atoms with van der Waals surface area (Å²) in [5.74, 6) is 0. The van der Waals surface area contributed by atoms with E-state index in [1.165, 1.54) is 0 Å². The van der Waals surface area contributed by atoms with Gasteiger partial charge in [-0.15, -0.1) is 0 Å². The van der Waals surface area contributed by atoms with Crippen molar-refractivity contribution < 1.29 is 9.47 Å². The lowest BCUT2D eigenvalue weighted by Crippen LogP contribution is -2.35. The summed E-state index contributed by atoms with van der Waals surface area (Å²) in [7, 11) is 1.99. The summed E-state index contributed by atoms with van der Waals surface area (Å²) in [6.45, 7) is 13.4. The molecule has 2 unspecified atom stereocenters. The van der Waals surface area contributed by atoms with Crippen molar-refractivity contribution in [3.63, 3.8) is 0 Å². The Morgan fingerprint density at radius 1 is 0.889 bits per heavy atom. The second kappa shape index (κ2) is 8.89. The zero-order valence-corrected chi connectivity index (χ0v) is 13.3. The Balaban J connectivity index is 4.12. The van der Waals surface area contributed by atoms with Gasteiger partial charge in [0.2, 0.25) is 0 Å². The number of nitrogens with one attached hydrogen (secondary N) is 1. The van der Waals surface area contributed by atoms with Crippen LogP contribution >= 0.6 is 0 Å². The van der Waals surface area contributed by atoms with E-state index in [9.17, 15) is 0 Å². The summed E-state index contributed by atoms with van der Waals surface area (Å²) < 4.78 is 11.9. The van der Waals surface area contributed by atoms with Gasteiger partial charge in [0.05, 0.1) is 17.8 Å².